The molecule has 1 unspecified atom stereocenters. The number of benzene rings is 1. The minimum absolute atomic E-state index is 0.0321. The van der Waals surface area contributed by atoms with Gasteiger partial charge in [0.05, 0.1) is 11.6 Å². The van der Waals surface area contributed by atoms with Crippen LogP contribution in [0.25, 0.3) is 0 Å². The Hall–Kier alpha value is -1.72. The highest BCUT2D eigenvalue weighted by Crippen LogP contribution is 2.23. The number of thiazole rings is 1. The second kappa shape index (κ2) is 5.58. The third kappa shape index (κ3) is 2.99. The lowest BCUT2D eigenvalue weighted by Crippen LogP contribution is -2.52. The summed E-state index contributed by atoms with van der Waals surface area (Å²) in [7, 11) is 0. The third-order valence-electron chi connectivity index (χ3n) is 3.80. The predicted octanol–water partition coefficient (Wildman–Crippen LogP) is 2.21. The maximum absolute atomic E-state index is 12.5. The van der Waals surface area contributed by atoms with Crippen molar-refractivity contribution in [2.75, 3.05) is 0 Å². The van der Waals surface area contributed by atoms with Gasteiger partial charge in [-0.25, -0.2) is 4.98 Å². The van der Waals surface area contributed by atoms with Crippen molar-refractivity contribution in [3.8, 4) is 0 Å². The molecule has 0 aliphatic carbocycles. The zero-order chi connectivity index (χ0) is 14.9. The van der Waals surface area contributed by atoms with E-state index in [4.69, 9.17) is 0 Å². The molecular formula is C16H19N3OS. The van der Waals surface area contributed by atoms with E-state index in [1.165, 1.54) is 11.1 Å². The van der Waals surface area contributed by atoms with Gasteiger partial charge < -0.3 is 10.6 Å². The topological polar surface area (TPSA) is 54.0 Å². The molecule has 1 aliphatic rings. The van der Waals surface area contributed by atoms with Gasteiger partial charge in [-0.05, 0) is 31.4 Å². The van der Waals surface area contributed by atoms with Gasteiger partial charge in [-0.1, -0.05) is 24.3 Å². The van der Waals surface area contributed by atoms with E-state index in [1.54, 1.807) is 17.5 Å². The number of amides is 1. The fourth-order valence-corrected chi connectivity index (χ4v) is 3.34. The molecular weight excluding hydrogens is 282 g/mol. The van der Waals surface area contributed by atoms with Crippen LogP contribution >= 0.6 is 11.3 Å². The van der Waals surface area contributed by atoms with Gasteiger partial charge in [0.15, 0.2) is 0 Å². The van der Waals surface area contributed by atoms with Crippen LogP contribution < -0.4 is 10.6 Å². The molecule has 0 spiro atoms. The minimum atomic E-state index is -0.441. The molecule has 5 heteroatoms. The van der Waals surface area contributed by atoms with Gasteiger partial charge in [0.2, 0.25) is 5.91 Å². The van der Waals surface area contributed by atoms with E-state index in [9.17, 15) is 4.79 Å². The van der Waals surface area contributed by atoms with Gasteiger partial charge in [0, 0.05) is 18.1 Å². The molecule has 1 aromatic heterocycles. The first-order valence-electron chi connectivity index (χ1n) is 7.08. The first-order chi connectivity index (χ1) is 10.1. The normalized spacial score (nSPS) is 18.1. The second-order valence-electron chi connectivity index (χ2n) is 5.86. The van der Waals surface area contributed by atoms with Crippen molar-refractivity contribution in [1.29, 1.82) is 0 Å². The Balaban J connectivity index is 1.70. The molecule has 21 heavy (non-hydrogen) atoms. The molecule has 3 rings (SSSR count). The molecule has 0 saturated heterocycles. The van der Waals surface area contributed by atoms with Crippen LogP contribution in [0.4, 0.5) is 0 Å². The van der Waals surface area contributed by atoms with Crippen molar-refractivity contribution < 1.29 is 4.79 Å². The highest BCUT2D eigenvalue weighted by molar-refractivity contribution is 7.09. The summed E-state index contributed by atoms with van der Waals surface area (Å²) >= 11 is 1.56. The summed E-state index contributed by atoms with van der Waals surface area (Å²) in [5, 5.41) is 9.27. The zero-order valence-corrected chi connectivity index (χ0v) is 13.0. The number of fused-ring (bicyclic) bond motifs is 1. The molecule has 110 valence electrons. The first-order valence-corrected chi connectivity index (χ1v) is 7.96. The molecule has 2 N–H and O–H groups in total. The van der Waals surface area contributed by atoms with E-state index >= 15 is 0 Å². The van der Waals surface area contributed by atoms with E-state index in [0.29, 0.717) is 0 Å². The van der Waals surface area contributed by atoms with Crippen molar-refractivity contribution in [3.63, 3.8) is 0 Å². The molecule has 4 nitrogen and oxygen atoms in total. The van der Waals surface area contributed by atoms with E-state index in [0.717, 1.165) is 18.0 Å². The first kappa shape index (κ1) is 14.2. The van der Waals surface area contributed by atoms with E-state index in [2.05, 4.69) is 27.8 Å². The molecule has 2 aromatic rings. The Morgan fingerprint density at radius 1 is 1.38 bits per heavy atom. The maximum Gasteiger partial charge on any atom is 0.238 e. The highest BCUT2D eigenvalue weighted by atomic mass is 32.1. The SMILES string of the molecule is CC(C)(NC(=O)C1Cc2ccccc2CN1)c1nccs1. The quantitative estimate of drug-likeness (QED) is 0.914. The lowest BCUT2D eigenvalue weighted by molar-refractivity contribution is -0.125. The number of hydrogen-bond donors (Lipinski definition) is 2. The van der Waals surface area contributed by atoms with Crippen molar-refractivity contribution in [2.45, 2.75) is 38.4 Å². The van der Waals surface area contributed by atoms with Crippen LogP contribution in [0.2, 0.25) is 0 Å². The fraction of sp³-hybridized carbons (Fsp3) is 0.375. The molecule has 1 aromatic carbocycles. The van der Waals surface area contributed by atoms with Crippen molar-refractivity contribution in [3.05, 3.63) is 52.0 Å². The predicted molar refractivity (Wildman–Crippen MR) is 84.1 cm³/mol. The van der Waals surface area contributed by atoms with Crippen LogP contribution in [0.5, 0.6) is 0 Å². The Morgan fingerprint density at radius 3 is 2.86 bits per heavy atom. The highest BCUT2D eigenvalue weighted by Gasteiger charge is 2.30. The van der Waals surface area contributed by atoms with Gasteiger partial charge in [0.1, 0.15) is 5.01 Å². The zero-order valence-electron chi connectivity index (χ0n) is 12.2. The Bertz CT molecular complexity index is 637. The summed E-state index contributed by atoms with van der Waals surface area (Å²) in [6.07, 6.45) is 2.50. The maximum atomic E-state index is 12.5. The summed E-state index contributed by atoms with van der Waals surface area (Å²) in [6.45, 7) is 4.72. The molecule has 1 aliphatic heterocycles. The number of hydrogen-bond acceptors (Lipinski definition) is 4. The molecule has 1 atom stereocenters. The third-order valence-corrected chi connectivity index (χ3v) is 4.90. The number of nitrogens with zero attached hydrogens (tertiary/aromatic N) is 1. The largest absolute Gasteiger partial charge is 0.343 e. The van der Waals surface area contributed by atoms with Crippen molar-refractivity contribution in [1.82, 2.24) is 15.6 Å². The number of nitrogens with one attached hydrogen (secondary N) is 2. The van der Waals surface area contributed by atoms with Crippen LogP contribution in [0.3, 0.4) is 0 Å². The fourth-order valence-electron chi connectivity index (χ4n) is 2.62. The van der Waals surface area contributed by atoms with Crippen LogP contribution in [0.1, 0.15) is 30.0 Å². The number of rotatable bonds is 3. The Morgan fingerprint density at radius 2 is 2.14 bits per heavy atom. The van der Waals surface area contributed by atoms with Crippen molar-refractivity contribution in [2.24, 2.45) is 0 Å². The second-order valence-corrected chi connectivity index (χ2v) is 6.75. The van der Waals surface area contributed by atoms with Gasteiger partial charge >= 0.3 is 0 Å². The Kier molecular flexibility index (Phi) is 3.78. The van der Waals surface area contributed by atoms with Gasteiger partial charge in [-0.3, -0.25) is 4.79 Å². The average molecular weight is 301 g/mol. The van der Waals surface area contributed by atoms with E-state index < -0.39 is 5.54 Å². The van der Waals surface area contributed by atoms with Crippen LogP contribution in [0, 0.1) is 0 Å². The summed E-state index contributed by atoms with van der Waals surface area (Å²) in [5.41, 5.74) is 2.09. The van der Waals surface area contributed by atoms with Crippen LogP contribution in [-0.4, -0.2) is 16.9 Å². The van der Waals surface area contributed by atoms with Gasteiger partial charge in [0.25, 0.3) is 0 Å². The molecule has 0 saturated carbocycles. The standard InChI is InChI=1S/C16H19N3OS/c1-16(2,15-17-7-8-21-15)19-14(20)13-9-11-5-3-4-6-12(11)10-18-13/h3-8,13,18H,9-10H2,1-2H3,(H,19,20). The summed E-state index contributed by atoms with van der Waals surface area (Å²) in [6, 6.07) is 8.09. The molecule has 0 bridgehead atoms. The number of aromatic nitrogens is 1. The smallest absolute Gasteiger partial charge is 0.238 e. The van der Waals surface area contributed by atoms with Gasteiger partial charge in [-0.2, -0.15) is 0 Å². The molecule has 2 heterocycles. The van der Waals surface area contributed by atoms with Crippen LogP contribution in [0.15, 0.2) is 35.8 Å². The average Bonchev–Trinajstić information content (AvgIpc) is 3.01. The van der Waals surface area contributed by atoms with Crippen molar-refractivity contribution >= 4 is 17.2 Å². The van der Waals surface area contributed by atoms with E-state index in [1.807, 2.05) is 31.4 Å². The number of carbonyl (C=O) groups is 1. The summed E-state index contributed by atoms with van der Waals surface area (Å²) in [5.74, 6) is 0.0321. The van der Waals surface area contributed by atoms with Crippen LogP contribution in [-0.2, 0) is 23.3 Å². The summed E-state index contributed by atoms with van der Waals surface area (Å²) in [4.78, 5) is 16.8. The molecule has 0 radical (unpaired) electrons. The lowest BCUT2D eigenvalue weighted by atomic mass is 9.94. The minimum Gasteiger partial charge on any atom is -0.343 e. The Labute approximate surface area is 128 Å². The molecule has 0 fully saturated rings. The molecule has 1 amide bonds. The monoisotopic (exact) mass is 301 g/mol. The van der Waals surface area contributed by atoms with E-state index in [-0.39, 0.29) is 11.9 Å². The summed E-state index contributed by atoms with van der Waals surface area (Å²) < 4.78 is 0. The van der Waals surface area contributed by atoms with Gasteiger partial charge in [-0.15, -0.1) is 11.3 Å². The number of carbonyl (C=O) groups excluding carboxylic acids is 1. The lowest BCUT2D eigenvalue weighted by Gasteiger charge is -2.30.